The normalized spacial score (nSPS) is 40.7. The molecular weight excluding hydrogens is 1140 g/mol. The molecular formula is C66H96O22. The number of ether oxygens (including phenoxy) is 15. The molecule has 9 rings (SSSR count). The van der Waals surface area contributed by atoms with Crippen molar-refractivity contribution in [3.8, 4) is 0 Å². The molecule has 4 saturated carbocycles. The lowest BCUT2D eigenvalue weighted by atomic mass is 9.44. The maximum absolute atomic E-state index is 13.3. The first kappa shape index (κ1) is 67.6. The van der Waals surface area contributed by atoms with Gasteiger partial charge in [0.15, 0.2) is 61.8 Å². The van der Waals surface area contributed by atoms with Crippen molar-refractivity contribution in [1.29, 1.82) is 0 Å². The van der Waals surface area contributed by atoms with Crippen molar-refractivity contribution in [1.82, 2.24) is 0 Å². The van der Waals surface area contributed by atoms with E-state index in [2.05, 4.69) is 34.6 Å². The molecule has 25 atom stereocenters. The van der Waals surface area contributed by atoms with Gasteiger partial charge in [0.05, 0.1) is 18.8 Å². The van der Waals surface area contributed by atoms with Gasteiger partial charge in [-0.25, -0.2) is 0 Å². The molecule has 1 aromatic carbocycles. The standard InChI is InChI=1S/C66H96O22/c1-33(2)18-17-19-34(3)47-24-25-48-46-23-22-44-30-45(26-28-65(44,12)49(46)27-29-66(47,48)13)83-63-60(88-64-59(82-42(11)73)56(80-40(9)71)53(78-38(7)69)50(85-64)31-74-36(5)67)57(54-51(84-63)32-75-61(86-54)43-20-15-14-16-21-43)87-62-58(81-41(10)72)55(79-39(8)70)52(35(4)76-62)77-37(6)68/h14-16,20-21,33-35,44-64H,17-19,22-32H2,1-13H3/t34-,35+,44+,45+,46+,47-,48+,49+,50-,51-,52+,53+,54-,55-,56+,57+,58-,59-,60-,61-,62+,63-,64+,65+,66-/m1/s1. The molecule has 492 valence electrons. The highest BCUT2D eigenvalue weighted by atomic mass is 16.8. The summed E-state index contributed by atoms with van der Waals surface area (Å²) >= 11 is 0. The lowest BCUT2D eigenvalue weighted by Crippen LogP contribution is -2.69. The Bertz CT molecular complexity index is 2600. The van der Waals surface area contributed by atoms with E-state index in [0.29, 0.717) is 59.3 Å². The summed E-state index contributed by atoms with van der Waals surface area (Å²) in [5, 5.41) is 0. The van der Waals surface area contributed by atoms with Crippen LogP contribution in [0.4, 0.5) is 0 Å². The van der Waals surface area contributed by atoms with Crippen LogP contribution in [-0.4, -0.2) is 153 Å². The first-order chi connectivity index (χ1) is 41.7. The third-order valence-electron chi connectivity index (χ3n) is 20.7. The molecule has 8 aliphatic rings. The van der Waals surface area contributed by atoms with E-state index in [1.807, 2.05) is 30.3 Å². The van der Waals surface area contributed by atoms with Gasteiger partial charge in [0.1, 0.15) is 37.1 Å². The first-order valence-corrected chi connectivity index (χ1v) is 32.2. The predicted molar refractivity (Wildman–Crippen MR) is 309 cm³/mol. The number of hydrogen-bond acceptors (Lipinski definition) is 22. The largest absolute Gasteiger partial charge is 0.463 e. The van der Waals surface area contributed by atoms with Crippen molar-refractivity contribution in [3.05, 3.63) is 35.9 Å². The minimum Gasteiger partial charge on any atom is -0.463 e. The van der Waals surface area contributed by atoms with Gasteiger partial charge in [0.25, 0.3) is 0 Å². The molecule has 4 aliphatic heterocycles. The molecule has 0 N–H and O–H groups in total. The average molecular weight is 1240 g/mol. The lowest BCUT2D eigenvalue weighted by molar-refractivity contribution is -0.417. The minimum atomic E-state index is -1.79. The molecule has 0 radical (unpaired) electrons. The van der Waals surface area contributed by atoms with E-state index in [0.717, 1.165) is 59.8 Å². The molecule has 0 bridgehead atoms. The van der Waals surface area contributed by atoms with Crippen LogP contribution in [0.25, 0.3) is 0 Å². The Balaban J connectivity index is 1.09. The Morgan fingerprint density at radius 3 is 1.73 bits per heavy atom. The van der Waals surface area contributed by atoms with Crippen molar-refractivity contribution in [3.63, 3.8) is 0 Å². The number of esters is 7. The molecule has 22 heteroatoms. The predicted octanol–water partition coefficient (Wildman–Crippen LogP) is 8.73. The highest BCUT2D eigenvalue weighted by Crippen LogP contribution is 2.68. The maximum atomic E-state index is 13.3. The Hall–Kier alpha value is -4.81. The monoisotopic (exact) mass is 1240 g/mol. The number of carbonyl (C=O) groups is 7. The van der Waals surface area contributed by atoms with E-state index in [4.69, 9.17) is 71.1 Å². The molecule has 0 spiro atoms. The van der Waals surface area contributed by atoms with E-state index in [9.17, 15) is 33.6 Å². The van der Waals surface area contributed by atoms with Gasteiger partial charge in [0.2, 0.25) is 0 Å². The number of rotatable bonds is 20. The zero-order valence-electron chi connectivity index (χ0n) is 53.6. The highest BCUT2D eigenvalue weighted by Gasteiger charge is 2.63. The second-order valence-corrected chi connectivity index (χ2v) is 27.1. The first-order valence-electron chi connectivity index (χ1n) is 32.2. The smallest absolute Gasteiger partial charge is 0.303 e. The van der Waals surface area contributed by atoms with Crippen molar-refractivity contribution >= 4 is 41.8 Å². The molecule has 1 aromatic rings. The molecule has 0 unspecified atom stereocenters. The van der Waals surface area contributed by atoms with Crippen molar-refractivity contribution in [2.75, 3.05) is 13.2 Å². The van der Waals surface area contributed by atoms with Gasteiger partial charge in [-0.1, -0.05) is 84.2 Å². The Morgan fingerprint density at radius 1 is 0.545 bits per heavy atom. The van der Waals surface area contributed by atoms with Gasteiger partial charge in [-0.2, -0.15) is 0 Å². The Labute approximate surface area is 517 Å². The maximum Gasteiger partial charge on any atom is 0.303 e. The van der Waals surface area contributed by atoms with E-state index in [1.165, 1.54) is 58.8 Å². The zero-order chi connectivity index (χ0) is 63.5. The van der Waals surface area contributed by atoms with Gasteiger partial charge >= 0.3 is 41.8 Å². The fourth-order valence-electron chi connectivity index (χ4n) is 17.0. The van der Waals surface area contributed by atoms with Crippen LogP contribution >= 0.6 is 0 Å². The van der Waals surface area contributed by atoms with E-state index in [-0.39, 0.29) is 12.0 Å². The zero-order valence-corrected chi connectivity index (χ0v) is 53.6. The quantitative estimate of drug-likeness (QED) is 0.0671. The van der Waals surface area contributed by atoms with Crippen LogP contribution in [0.15, 0.2) is 30.3 Å². The third-order valence-corrected chi connectivity index (χ3v) is 20.7. The molecule has 4 heterocycles. The van der Waals surface area contributed by atoms with Crippen LogP contribution in [0.3, 0.4) is 0 Å². The second kappa shape index (κ2) is 28.8. The van der Waals surface area contributed by atoms with Crippen LogP contribution in [-0.2, 0) is 105 Å². The van der Waals surface area contributed by atoms with Gasteiger partial charge < -0.3 is 71.1 Å². The number of hydrogen-bond donors (Lipinski definition) is 0. The highest BCUT2D eigenvalue weighted by molar-refractivity contribution is 5.69. The number of carbonyl (C=O) groups excluding carboxylic acids is 7. The second-order valence-electron chi connectivity index (χ2n) is 27.1. The number of fused-ring (bicyclic) bond motifs is 6. The molecule has 22 nitrogen and oxygen atoms in total. The Kier molecular flexibility index (Phi) is 22.1. The Morgan fingerprint density at radius 2 is 1.10 bits per heavy atom. The van der Waals surface area contributed by atoms with E-state index >= 15 is 0 Å². The van der Waals surface area contributed by atoms with Crippen LogP contribution in [0.2, 0.25) is 0 Å². The van der Waals surface area contributed by atoms with Gasteiger partial charge in [-0.3, -0.25) is 33.6 Å². The van der Waals surface area contributed by atoms with Gasteiger partial charge in [0, 0.05) is 54.0 Å². The molecule has 4 saturated heterocycles. The van der Waals surface area contributed by atoms with Crippen LogP contribution in [0.1, 0.15) is 179 Å². The summed E-state index contributed by atoms with van der Waals surface area (Å²) in [5.41, 5.74) is 1.03. The van der Waals surface area contributed by atoms with Crippen LogP contribution < -0.4 is 0 Å². The molecule has 4 aliphatic carbocycles. The fraction of sp³-hybridized carbons (Fsp3) is 0.803. The van der Waals surface area contributed by atoms with E-state index in [1.54, 1.807) is 6.92 Å². The molecule has 88 heavy (non-hydrogen) atoms. The summed E-state index contributed by atoms with van der Waals surface area (Å²) in [4.78, 5) is 90.4. The average Bonchev–Trinajstić information content (AvgIpc) is 1.34. The number of benzene rings is 1. The lowest BCUT2D eigenvalue weighted by Gasteiger charge is -2.61. The topological polar surface area (TPSA) is 258 Å². The van der Waals surface area contributed by atoms with Crippen molar-refractivity contribution < 1.29 is 105 Å². The molecule has 8 fully saturated rings. The summed E-state index contributed by atoms with van der Waals surface area (Å²) in [7, 11) is 0. The van der Waals surface area contributed by atoms with Gasteiger partial charge in [-0.05, 0) is 117 Å². The van der Waals surface area contributed by atoms with Gasteiger partial charge in [-0.15, -0.1) is 0 Å². The summed E-state index contributed by atoms with van der Waals surface area (Å²) in [6.07, 6.45) is -9.74. The molecule has 0 aromatic heterocycles. The van der Waals surface area contributed by atoms with Crippen LogP contribution in [0, 0.1) is 52.3 Å². The van der Waals surface area contributed by atoms with Crippen molar-refractivity contribution in [2.24, 2.45) is 52.3 Å². The summed E-state index contributed by atoms with van der Waals surface area (Å²) in [5.74, 6) is -1.24. The summed E-state index contributed by atoms with van der Waals surface area (Å²) < 4.78 is 95.5. The minimum absolute atomic E-state index is 0.0557. The van der Waals surface area contributed by atoms with Crippen LogP contribution in [0.5, 0.6) is 0 Å². The third kappa shape index (κ3) is 15.2. The van der Waals surface area contributed by atoms with E-state index < -0.39 is 153 Å². The summed E-state index contributed by atoms with van der Waals surface area (Å²) in [6, 6.07) is 9.13. The summed E-state index contributed by atoms with van der Waals surface area (Å²) in [6.45, 7) is 21.2. The fourth-order valence-corrected chi connectivity index (χ4v) is 17.0. The SMILES string of the molecule is CC(=O)OC[C@H]1O[C@@H](O[C@H]2[C@H](O[C@H]3CC[C@@]4(C)[C@@H](CC[C@@H]5[C@@H]4CC[C@]4(C)[C@@H]([C@H](C)CCCC(C)C)CC[C@@H]54)C3)O[C@@H]3CO[C@@H](c4ccccc4)O[C@H]3[C@@H]2O[C@@H]2O[C@@H](C)[C@H](OC(C)=O)[C@@H](OC(C)=O)[C@H]2OC(C)=O)[C@H](OC(C)=O)[C@@H](OC(C)=O)[C@H]1OC(C)=O. The van der Waals surface area contributed by atoms with Crippen molar-refractivity contribution in [2.45, 2.75) is 272 Å². The molecule has 0 amide bonds.